The zero-order chi connectivity index (χ0) is 41.9. The Morgan fingerprint density at radius 1 is 0.234 bits per heavy atom. The molecule has 0 amide bonds. The molecular weight excluding hydrogens is 773 g/mol. The summed E-state index contributed by atoms with van der Waals surface area (Å²) in [5.74, 6) is 0. The van der Waals surface area contributed by atoms with Gasteiger partial charge in [0.25, 0.3) is 0 Å². The predicted octanol–water partition coefficient (Wildman–Crippen LogP) is 16.8. The van der Waals surface area contributed by atoms with Crippen molar-refractivity contribution in [3.63, 3.8) is 0 Å². The number of hydrogen-bond acceptors (Lipinski definition) is 0. The molecule has 64 heavy (non-hydrogen) atoms. The largest absolute Gasteiger partial charge is 0.309 e. The van der Waals surface area contributed by atoms with E-state index in [0.717, 1.165) is 5.69 Å². The van der Waals surface area contributed by atoms with Gasteiger partial charge < -0.3 is 9.13 Å². The molecule has 2 heteroatoms. The molecule has 2 heterocycles. The summed E-state index contributed by atoms with van der Waals surface area (Å²) in [6.07, 6.45) is 0. The monoisotopic (exact) mass is 810 g/mol. The topological polar surface area (TPSA) is 9.86 Å². The maximum atomic E-state index is 2.45. The highest BCUT2D eigenvalue weighted by Gasteiger charge is 2.23. The Bertz CT molecular complexity index is 4040. The molecule has 0 spiro atoms. The van der Waals surface area contributed by atoms with Crippen molar-refractivity contribution in [2.24, 2.45) is 0 Å². The molecule has 0 unspecified atom stereocenters. The lowest BCUT2D eigenvalue weighted by Crippen LogP contribution is -1.95. The lowest BCUT2D eigenvalue weighted by molar-refractivity contribution is 1.18. The summed E-state index contributed by atoms with van der Waals surface area (Å²) in [5.41, 5.74) is 19.7. The maximum Gasteiger partial charge on any atom is 0.0619 e. The van der Waals surface area contributed by atoms with Gasteiger partial charge in [-0.3, -0.25) is 0 Å². The van der Waals surface area contributed by atoms with Crippen LogP contribution in [0.25, 0.3) is 132 Å². The zero-order valence-electron chi connectivity index (χ0n) is 34.8. The van der Waals surface area contributed by atoms with E-state index in [0.29, 0.717) is 0 Å². The van der Waals surface area contributed by atoms with E-state index in [1.165, 1.54) is 126 Å². The van der Waals surface area contributed by atoms with Crippen molar-refractivity contribution in [3.05, 3.63) is 231 Å². The highest BCUT2D eigenvalue weighted by Crippen LogP contribution is 2.49. The molecule has 0 radical (unpaired) electrons. The smallest absolute Gasteiger partial charge is 0.0619 e. The van der Waals surface area contributed by atoms with E-state index in [4.69, 9.17) is 0 Å². The van der Waals surface area contributed by atoms with Gasteiger partial charge in [-0.05, 0) is 126 Å². The first-order chi connectivity index (χ1) is 31.7. The number of hydrogen-bond donors (Lipinski definition) is 0. The minimum atomic E-state index is 1.14. The van der Waals surface area contributed by atoms with E-state index < -0.39 is 0 Å². The molecular formula is C62H38N2. The minimum absolute atomic E-state index is 1.14. The summed E-state index contributed by atoms with van der Waals surface area (Å²) in [6, 6.07) is 85.2. The van der Waals surface area contributed by atoms with E-state index in [2.05, 4.69) is 240 Å². The van der Waals surface area contributed by atoms with Gasteiger partial charge in [0.15, 0.2) is 0 Å². The van der Waals surface area contributed by atoms with Crippen LogP contribution in [-0.4, -0.2) is 9.13 Å². The van der Waals surface area contributed by atoms with Gasteiger partial charge in [0.05, 0.1) is 22.1 Å². The summed E-state index contributed by atoms with van der Waals surface area (Å²) in [6.45, 7) is 0. The third-order valence-electron chi connectivity index (χ3n) is 13.8. The molecule has 0 bridgehead atoms. The fourth-order valence-corrected chi connectivity index (χ4v) is 11.0. The van der Waals surface area contributed by atoms with Crippen LogP contribution in [0.4, 0.5) is 0 Å². The molecule has 0 saturated carbocycles. The Morgan fingerprint density at radius 2 is 0.812 bits per heavy atom. The van der Waals surface area contributed by atoms with Gasteiger partial charge >= 0.3 is 0 Å². The fraction of sp³-hybridized carbons (Fsp3) is 0. The summed E-state index contributed by atoms with van der Waals surface area (Å²) in [7, 11) is 0. The molecule has 0 N–H and O–H groups in total. The quantitative estimate of drug-likeness (QED) is 0.164. The maximum absolute atomic E-state index is 2.45. The highest BCUT2D eigenvalue weighted by molar-refractivity contribution is 6.20. The van der Waals surface area contributed by atoms with Crippen molar-refractivity contribution in [1.82, 2.24) is 9.13 Å². The van der Waals surface area contributed by atoms with Gasteiger partial charge in [0, 0.05) is 38.3 Å². The number of rotatable bonds is 5. The van der Waals surface area contributed by atoms with Gasteiger partial charge in [-0.15, -0.1) is 0 Å². The SMILES string of the molecule is c1ccc(-n2c3ccc(-c4ccc5c6ccccc6n(-c6cccc(-c7cccc(-c8ccc9c%10c(cccc8%10)-c8ccccc8-9)c7)c6)c5c4)cc3c3ccc4ccccc4c32)cc1. The van der Waals surface area contributed by atoms with E-state index in [1.807, 2.05) is 0 Å². The van der Waals surface area contributed by atoms with Crippen molar-refractivity contribution in [2.75, 3.05) is 0 Å². The minimum Gasteiger partial charge on any atom is -0.309 e. The van der Waals surface area contributed by atoms with Crippen LogP contribution in [0, 0.1) is 0 Å². The predicted molar refractivity (Wildman–Crippen MR) is 271 cm³/mol. The van der Waals surface area contributed by atoms with Crippen molar-refractivity contribution in [2.45, 2.75) is 0 Å². The molecule has 13 aromatic rings. The number of aromatic nitrogens is 2. The van der Waals surface area contributed by atoms with Crippen LogP contribution in [0.1, 0.15) is 0 Å². The van der Waals surface area contributed by atoms with E-state index in [-0.39, 0.29) is 0 Å². The Morgan fingerprint density at radius 3 is 1.70 bits per heavy atom. The summed E-state index contributed by atoms with van der Waals surface area (Å²) in [5, 5.41) is 10.2. The second-order valence-corrected chi connectivity index (χ2v) is 17.2. The Kier molecular flexibility index (Phi) is 7.43. The average Bonchev–Trinajstić information content (AvgIpc) is 4.00. The van der Waals surface area contributed by atoms with Crippen LogP contribution >= 0.6 is 0 Å². The van der Waals surface area contributed by atoms with Crippen LogP contribution in [0.2, 0.25) is 0 Å². The third kappa shape index (κ3) is 5.08. The van der Waals surface area contributed by atoms with E-state index in [1.54, 1.807) is 0 Å². The molecule has 296 valence electrons. The van der Waals surface area contributed by atoms with Crippen LogP contribution in [0.3, 0.4) is 0 Å². The van der Waals surface area contributed by atoms with Crippen molar-refractivity contribution >= 4 is 65.2 Å². The van der Waals surface area contributed by atoms with Gasteiger partial charge in [-0.1, -0.05) is 176 Å². The molecule has 1 aliphatic carbocycles. The number of para-hydroxylation sites is 2. The molecule has 0 atom stereocenters. The Hall–Kier alpha value is -8.46. The molecule has 0 fully saturated rings. The first-order valence-electron chi connectivity index (χ1n) is 22.2. The first kappa shape index (κ1) is 35.2. The Labute approximate surface area is 370 Å². The van der Waals surface area contributed by atoms with Crippen molar-refractivity contribution < 1.29 is 0 Å². The lowest BCUT2D eigenvalue weighted by atomic mass is 9.92. The molecule has 0 saturated heterocycles. The van der Waals surface area contributed by atoms with E-state index >= 15 is 0 Å². The van der Waals surface area contributed by atoms with Crippen molar-refractivity contribution in [1.29, 1.82) is 0 Å². The number of nitrogens with zero attached hydrogens (tertiary/aromatic N) is 2. The van der Waals surface area contributed by atoms with E-state index in [9.17, 15) is 0 Å². The lowest BCUT2D eigenvalue weighted by Gasteiger charge is -2.13. The van der Waals surface area contributed by atoms with Crippen LogP contribution in [-0.2, 0) is 0 Å². The molecule has 2 nitrogen and oxygen atoms in total. The number of fused-ring (bicyclic) bond motifs is 11. The van der Waals surface area contributed by atoms with Crippen LogP contribution in [0.5, 0.6) is 0 Å². The summed E-state index contributed by atoms with van der Waals surface area (Å²) < 4.78 is 4.89. The fourth-order valence-electron chi connectivity index (χ4n) is 11.0. The van der Waals surface area contributed by atoms with Gasteiger partial charge in [0.2, 0.25) is 0 Å². The normalized spacial score (nSPS) is 12.1. The summed E-state index contributed by atoms with van der Waals surface area (Å²) in [4.78, 5) is 0. The molecule has 0 aliphatic heterocycles. The van der Waals surface area contributed by atoms with Gasteiger partial charge in [-0.25, -0.2) is 0 Å². The van der Waals surface area contributed by atoms with Crippen LogP contribution in [0.15, 0.2) is 231 Å². The third-order valence-corrected chi connectivity index (χ3v) is 13.8. The average molecular weight is 811 g/mol. The van der Waals surface area contributed by atoms with Gasteiger partial charge in [-0.2, -0.15) is 0 Å². The second-order valence-electron chi connectivity index (χ2n) is 17.2. The molecule has 1 aliphatic rings. The number of benzene rings is 11. The first-order valence-corrected chi connectivity index (χ1v) is 22.2. The van der Waals surface area contributed by atoms with Crippen LogP contribution < -0.4 is 0 Å². The molecule has 2 aromatic heterocycles. The Balaban J connectivity index is 0.903. The highest BCUT2D eigenvalue weighted by atomic mass is 15.0. The summed E-state index contributed by atoms with van der Waals surface area (Å²) >= 11 is 0. The molecule has 11 aromatic carbocycles. The zero-order valence-corrected chi connectivity index (χ0v) is 34.8. The standard InChI is InChI=1S/C62H38N2/c1-2-17-45(18-3-1)64-59-34-29-42(37-57(59)56-31-27-39-13-4-5-20-48(39)62(56)64)43-28-30-52-51-23-8-9-26-58(51)63(60(52)38-43)46-19-11-15-41(36-46)40-14-10-16-44(35-40)47-32-33-55-50-22-7-6-21-49(50)54-25-12-24-53(47)61(54)55/h1-38H. The van der Waals surface area contributed by atoms with Crippen molar-refractivity contribution in [3.8, 4) is 67.0 Å². The molecule has 14 rings (SSSR count). The second kappa shape index (κ2) is 13.5. The van der Waals surface area contributed by atoms with Gasteiger partial charge in [0.1, 0.15) is 0 Å².